The van der Waals surface area contributed by atoms with Gasteiger partial charge < -0.3 is 0 Å². The molecule has 0 radical (unpaired) electrons. The van der Waals surface area contributed by atoms with E-state index < -0.39 is 0 Å². The Bertz CT molecular complexity index is 567. The summed E-state index contributed by atoms with van der Waals surface area (Å²) >= 11 is 1.62. The Kier molecular flexibility index (Phi) is 3.07. The van der Waals surface area contributed by atoms with Gasteiger partial charge in [-0.15, -0.1) is 5.10 Å². The molecule has 5 heteroatoms. The van der Waals surface area contributed by atoms with Crippen molar-refractivity contribution in [2.45, 2.75) is 31.0 Å². The molecule has 1 aromatic heterocycles. The van der Waals surface area contributed by atoms with E-state index in [9.17, 15) is 4.39 Å². The standard InChI is InChI=1S/C13H14FN3S/c1-2-18-13-15-12-8-7-11(17(12)16-13)9-5-3-4-6-10(9)14/h3-6,11H,2,7-8H2,1H3. The molecule has 1 aliphatic rings. The van der Waals surface area contributed by atoms with E-state index in [1.807, 2.05) is 16.8 Å². The second-order valence-electron chi connectivity index (χ2n) is 4.26. The smallest absolute Gasteiger partial charge is 0.208 e. The summed E-state index contributed by atoms with van der Waals surface area (Å²) in [6.45, 7) is 2.07. The predicted octanol–water partition coefficient (Wildman–Crippen LogP) is 3.06. The van der Waals surface area contributed by atoms with Gasteiger partial charge in [-0.2, -0.15) is 0 Å². The second-order valence-corrected chi connectivity index (χ2v) is 5.50. The van der Waals surface area contributed by atoms with Crippen LogP contribution >= 0.6 is 11.8 Å². The summed E-state index contributed by atoms with van der Waals surface area (Å²) in [5.41, 5.74) is 0.717. The number of aryl methyl sites for hydroxylation is 1. The molecule has 2 heterocycles. The number of hydrogen-bond donors (Lipinski definition) is 0. The van der Waals surface area contributed by atoms with E-state index in [4.69, 9.17) is 0 Å². The molecule has 0 saturated heterocycles. The highest BCUT2D eigenvalue weighted by Crippen LogP contribution is 2.32. The summed E-state index contributed by atoms with van der Waals surface area (Å²) in [5, 5.41) is 5.28. The van der Waals surface area contributed by atoms with Crippen molar-refractivity contribution in [3.05, 3.63) is 41.5 Å². The molecule has 2 aromatic rings. The summed E-state index contributed by atoms with van der Waals surface area (Å²) in [5.74, 6) is 1.77. The van der Waals surface area contributed by atoms with Gasteiger partial charge in [0.1, 0.15) is 11.6 Å². The van der Waals surface area contributed by atoms with Crippen LogP contribution in [0.2, 0.25) is 0 Å². The van der Waals surface area contributed by atoms with Crippen molar-refractivity contribution < 1.29 is 4.39 Å². The molecule has 1 atom stereocenters. The van der Waals surface area contributed by atoms with Crippen LogP contribution in [0.5, 0.6) is 0 Å². The second kappa shape index (κ2) is 4.72. The Labute approximate surface area is 109 Å². The fourth-order valence-corrected chi connectivity index (χ4v) is 2.94. The Morgan fingerprint density at radius 1 is 1.44 bits per heavy atom. The fraction of sp³-hybridized carbons (Fsp3) is 0.385. The maximum absolute atomic E-state index is 13.8. The van der Waals surface area contributed by atoms with Crippen LogP contribution < -0.4 is 0 Å². The first-order chi connectivity index (χ1) is 8.79. The third-order valence-electron chi connectivity index (χ3n) is 3.16. The largest absolute Gasteiger partial charge is 0.241 e. The molecule has 3 nitrogen and oxygen atoms in total. The highest BCUT2D eigenvalue weighted by Gasteiger charge is 2.28. The third kappa shape index (κ3) is 1.92. The van der Waals surface area contributed by atoms with Crippen LogP contribution in [0, 0.1) is 5.82 Å². The van der Waals surface area contributed by atoms with Gasteiger partial charge in [0.05, 0.1) is 6.04 Å². The number of nitrogens with zero attached hydrogens (tertiary/aromatic N) is 3. The van der Waals surface area contributed by atoms with Crippen LogP contribution in [0.3, 0.4) is 0 Å². The van der Waals surface area contributed by atoms with Gasteiger partial charge in [-0.3, -0.25) is 0 Å². The number of rotatable bonds is 3. The molecule has 0 bridgehead atoms. The minimum atomic E-state index is -0.157. The van der Waals surface area contributed by atoms with Gasteiger partial charge in [0.2, 0.25) is 5.16 Å². The molecule has 0 saturated carbocycles. The van der Waals surface area contributed by atoms with E-state index in [1.165, 1.54) is 6.07 Å². The third-order valence-corrected chi connectivity index (χ3v) is 3.88. The summed E-state index contributed by atoms with van der Waals surface area (Å²) in [7, 11) is 0. The molecule has 1 unspecified atom stereocenters. The van der Waals surface area contributed by atoms with Crippen molar-refractivity contribution in [2.75, 3.05) is 5.75 Å². The lowest BCUT2D eigenvalue weighted by Crippen LogP contribution is -2.09. The first-order valence-corrected chi connectivity index (χ1v) is 7.10. The SMILES string of the molecule is CCSc1nc2n(n1)C(c1ccccc1F)CC2. The lowest BCUT2D eigenvalue weighted by Gasteiger charge is -2.12. The Hall–Kier alpha value is -1.36. The number of halogens is 1. The summed E-state index contributed by atoms with van der Waals surface area (Å²) in [6.07, 6.45) is 1.75. The summed E-state index contributed by atoms with van der Waals surface area (Å²) in [4.78, 5) is 4.48. The Morgan fingerprint density at radius 2 is 2.28 bits per heavy atom. The van der Waals surface area contributed by atoms with Crippen LogP contribution in [0.25, 0.3) is 0 Å². The number of benzene rings is 1. The van der Waals surface area contributed by atoms with Crippen LogP contribution in [0.4, 0.5) is 4.39 Å². The molecule has 18 heavy (non-hydrogen) atoms. The van der Waals surface area contributed by atoms with Crippen molar-refractivity contribution in [3.63, 3.8) is 0 Å². The fourth-order valence-electron chi connectivity index (χ4n) is 2.36. The van der Waals surface area contributed by atoms with Crippen LogP contribution in [-0.4, -0.2) is 20.5 Å². The Balaban J connectivity index is 1.97. The number of hydrogen-bond acceptors (Lipinski definition) is 3. The van der Waals surface area contributed by atoms with E-state index in [0.717, 1.165) is 29.6 Å². The van der Waals surface area contributed by atoms with E-state index in [-0.39, 0.29) is 11.9 Å². The predicted molar refractivity (Wildman–Crippen MR) is 69.3 cm³/mol. The maximum Gasteiger partial charge on any atom is 0.208 e. The van der Waals surface area contributed by atoms with E-state index in [0.29, 0.717) is 5.56 Å². The monoisotopic (exact) mass is 263 g/mol. The molecule has 94 valence electrons. The molecule has 0 N–H and O–H groups in total. The van der Waals surface area contributed by atoms with Crippen LogP contribution in [0.1, 0.15) is 30.8 Å². The van der Waals surface area contributed by atoms with Crippen LogP contribution in [-0.2, 0) is 6.42 Å². The van der Waals surface area contributed by atoms with Gasteiger partial charge >= 0.3 is 0 Å². The number of thioether (sulfide) groups is 1. The number of fused-ring (bicyclic) bond motifs is 1. The average Bonchev–Trinajstić information content (AvgIpc) is 2.90. The molecule has 0 aliphatic carbocycles. The first-order valence-electron chi connectivity index (χ1n) is 6.12. The van der Waals surface area contributed by atoms with Crippen molar-refractivity contribution in [1.82, 2.24) is 14.8 Å². The highest BCUT2D eigenvalue weighted by molar-refractivity contribution is 7.99. The quantitative estimate of drug-likeness (QED) is 0.797. The highest BCUT2D eigenvalue weighted by atomic mass is 32.2. The molecule has 1 aromatic carbocycles. The van der Waals surface area contributed by atoms with Gasteiger partial charge in [-0.25, -0.2) is 14.1 Å². The summed E-state index contributed by atoms with van der Waals surface area (Å²) in [6, 6.07) is 6.93. The van der Waals surface area contributed by atoms with Gasteiger partial charge in [0, 0.05) is 12.0 Å². The minimum absolute atomic E-state index is 0.0000869. The molecule has 0 fully saturated rings. The van der Waals surface area contributed by atoms with Gasteiger partial charge in [0.25, 0.3) is 0 Å². The van der Waals surface area contributed by atoms with E-state index >= 15 is 0 Å². The first kappa shape index (κ1) is 11.7. The van der Waals surface area contributed by atoms with Crippen molar-refractivity contribution in [1.29, 1.82) is 0 Å². The lowest BCUT2D eigenvalue weighted by atomic mass is 10.0. The van der Waals surface area contributed by atoms with Crippen molar-refractivity contribution >= 4 is 11.8 Å². The van der Waals surface area contributed by atoms with Gasteiger partial charge in [-0.1, -0.05) is 36.9 Å². The zero-order valence-electron chi connectivity index (χ0n) is 10.1. The molecule has 0 amide bonds. The molecular weight excluding hydrogens is 249 g/mol. The van der Waals surface area contributed by atoms with E-state index in [1.54, 1.807) is 17.8 Å². The number of aromatic nitrogens is 3. The minimum Gasteiger partial charge on any atom is -0.241 e. The van der Waals surface area contributed by atoms with Crippen molar-refractivity contribution in [2.24, 2.45) is 0 Å². The lowest BCUT2D eigenvalue weighted by molar-refractivity contribution is 0.506. The van der Waals surface area contributed by atoms with Gasteiger partial charge in [0.15, 0.2) is 0 Å². The zero-order valence-corrected chi connectivity index (χ0v) is 11.0. The average molecular weight is 263 g/mol. The zero-order chi connectivity index (χ0) is 12.5. The molecule has 3 rings (SSSR count). The van der Waals surface area contributed by atoms with Crippen molar-refractivity contribution in [3.8, 4) is 0 Å². The van der Waals surface area contributed by atoms with Crippen LogP contribution in [0.15, 0.2) is 29.4 Å². The molecule has 1 aliphatic heterocycles. The Morgan fingerprint density at radius 3 is 3.06 bits per heavy atom. The topological polar surface area (TPSA) is 30.7 Å². The van der Waals surface area contributed by atoms with E-state index in [2.05, 4.69) is 17.0 Å². The normalized spacial score (nSPS) is 18.0. The van der Waals surface area contributed by atoms with Gasteiger partial charge in [-0.05, 0) is 18.2 Å². The maximum atomic E-state index is 13.8. The molecular formula is C13H14FN3S. The molecule has 0 spiro atoms. The summed E-state index contributed by atoms with van der Waals surface area (Å²) < 4.78 is 15.7.